The summed E-state index contributed by atoms with van der Waals surface area (Å²) in [5.41, 5.74) is 2.04. The van der Waals surface area contributed by atoms with Crippen LogP contribution in [0.4, 0.5) is 0 Å². The van der Waals surface area contributed by atoms with Crippen LogP contribution >= 0.6 is 0 Å². The molecule has 0 aliphatic heterocycles. The largest absolute Gasteiger partial charge is 0.272 e. The second-order valence-corrected chi connectivity index (χ2v) is 5.48. The van der Waals surface area contributed by atoms with Crippen molar-refractivity contribution >= 4 is 10.0 Å². The lowest BCUT2D eigenvalue weighted by atomic mass is 10.1. The Bertz CT molecular complexity index is 529. The van der Waals surface area contributed by atoms with Gasteiger partial charge in [0, 0.05) is 7.05 Å². The third-order valence-corrected chi connectivity index (χ3v) is 4.15. The molecule has 86 valence electrons. The molecule has 0 aromatic heterocycles. The fraction of sp³-hybridized carbons (Fsp3) is 0.364. The van der Waals surface area contributed by atoms with Crippen molar-refractivity contribution in [3.63, 3.8) is 0 Å². The van der Waals surface area contributed by atoms with Gasteiger partial charge in [0.05, 0.1) is 4.90 Å². The summed E-state index contributed by atoms with van der Waals surface area (Å²) in [4.78, 5) is 0.166. The molecule has 0 heterocycles. The number of hydrogen-bond donors (Lipinski definition) is 0. The summed E-state index contributed by atoms with van der Waals surface area (Å²) in [7, 11) is -2.43. The van der Waals surface area contributed by atoms with Crippen molar-refractivity contribution in [3.05, 3.63) is 29.3 Å². The molecule has 4 nitrogen and oxygen atoms in total. The number of aryl methyl sites for hydroxylation is 2. The van der Waals surface area contributed by atoms with E-state index < -0.39 is 10.0 Å². The Balaban J connectivity index is 3.31. The molecule has 0 atom stereocenters. The predicted octanol–water partition coefficient (Wildman–Crippen LogP) is 1.66. The van der Waals surface area contributed by atoms with E-state index in [2.05, 4.69) is 0 Å². The molecule has 0 bridgehead atoms. The second-order valence-electron chi connectivity index (χ2n) is 3.51. The molecule has 0 saturated carbocycles. The lowest BCUT2D eigenvalue weighted by Gasteiger charge is -2.12. The molecule has 1 aromatic rings. The van der Waals surface area contributed by atoms with Crippen LogP contribution < -0.4 is 0 Å². The van der Waals surface area contributed by atoms with E-state index in [0.717, 1.165) is 17.5 Å². The molecular formula is C11H14N2O2S. The minimum atomic E-state index is -3.67. The maximum absolute atomic E-state index is 11.8. The Hall–Kier alpha value is -1.54. The van der Waals surface area contributed by atoms with Gasteiger partial charge >= 0.3 is 0 Å². The van der Waals surface area contributed by atoms with Gasteiger partial charge in [-0.1, -0.05) is 13.0 Å². The first kappa shape index (κ1) is 12.5. The van der Waals surface area contributed by atoms with E-state index >= 15 is 0 Å². The summed E-state index contributed by atoms with van der Waals surface area (Å²) in [6.07, 6.45) is 2.37. The first-order valence-corrected chi connectivity index (χ1v) is 6.35. The highest BCUT2D eigenvalue weighted by Gasteiger charge is 2.19. The maximum atomic E-state index is 11.8. The first-order valence-electron chi connectivity index (χ1n) is 4.91. The number of nitriles is 1. The molecule has 0 radical (unpaired) electrons. The van der Waals surface area contributed by atoms with Crippen molar-refractivity contribution in [1.82, 2.24) is 4.31 Å². The zero-order valence-electron chi connectivity index (χ0n) is 9.56. The van der Waals surface area contributed by atoms with Gasteiger partial charge < -0.3 is 0 Å². The molecule has 0 aliphatic rings. The molecule has 1 rings (SSSR count). The molecule has 0 saturated heterocycles. The highest BCUT2D eigenvalue weighted by atomic mass is 32.2. The Morgan fingerprint density at radius 3 is 2.56 bits per heavy atom. The molecule has 0 N–H and O–H groups in total. The fourth-order valence-corrected chi connectivity index (χ4v) is 2.36. The monoisotopic (exact) mass is 238 g/mol. The zero-order valence-corrected chi connectivity index (χ0v) is 10.4. The first-order chi connectivity index (χ1) is 7.43. The number of sulfonamides is 1. The van der Waals surface area contributed by atoms with Gasteiger partial charge in [-0.2, -0.15) is 5.26 Å². The summed E-state index contributed by atoms with van der Waals surface area (Å²) in [5.74, 6) is 0. The van der Waals surface area contributed by atoms with Gasteiger partial charge in [-0.3, -0.25) is 0 Å². The van der Waals surface area contributed by atoms with Crippen LogP contribution in [-0.2, 0) is 16.4 Å². The summed E-state index contributed by atoms with van der Waals surface area (Å²) < 4.78 is 24.4. The summed E-state index contributed by atoms with van der Waals surface area (Å²) in [5, 5.41) is 8.61. The molecule has 0 unspecified atom stereocenters. The second kappa shape index (κ2) is 4.54. The lowest BCUT2D eigenvalue weighted by Crippen LogP contribution is -2.21. The molecule has 5 heteroatoms. The molecule has 0 spiro atoms. The Kier molecular flexibility index (Phi) is 3.55. The van der Waals surface area contributed by atoms with E-state index in [1.54, 1.807) is 18.3 Å². The summed E-state index contributed by atoms with van der Waals surface area (Å²) in [6, 6.07) is 4.91. The number of benzene rings is 1. The van der Waals surface area contributed by atoms with E-state index in [1.165, 1.54) is 13.1 Å². The van der Waals surface area contributed by atoms with E-state index in [9.17, 15) is 8.42 Å². The number of nitrogens with zero attached hydrogens (tertiary/aromatic N) is 2. The van der Waals surface area contributed by atoms with Gasteiger partial charge in [0.15, 0.2) is 6.19 Å². The van der Waals surface area contributed by atoms with Crippen LogP contribution in [0, 0.1) is 18.4 Å². The fourth-order valence-electron chi connectivity index (χ4n) is 1.40. The third-order valence-electron chi connectivity index (χ3n) is 2.50. The van der Waals surface area contributed by atoms with Gasteiger partial charge in [-0.05, 0) is 36.6 Å². The minimum absolute atomic E-state index is 0.166. The van der Waals surface area contributed by atoms with Crippen LogP contribution in [0.25, 0.3) is 0 Å². The smallest absolute Gasteiger partial charge is 0.205 e. The van der Waals surface area contributed by atoms with Crippen LogP contribution in [0.5, 0.6) is 0 Å². The van der Waals surface area contributed by atoms with Crippen LogP contribution in [0.2, 0.25) is 0 Å². The topological polar surface area (TPSA) is 61.2 Å². The molecule has 0 aliphatic carbocycles. The standard InChI is InChI=1S/C11H14N2O2S/c1-4-10-7-11(6-5-9(10)2)16(14,15)13(3)8-12/h5-7H,4H2,1-3H3. The average Bonchev–Trinajstić information content (AvgIpc) is 2.28. The van der Waals surface area contributed by atoms with Crippen molar-refractivity contribution in [2.75, 3.05) is 7.05 Å². The van der Waals surface area contributed by atoms with Crippen molar-refractivity contribution in [2.24, 2.45) is 0 Å². The number of hydrogen-bond acceptors (Lipinski definition) is 3. The molecule has 1 aromatic carbocycles. The van der Waals surface area contributed by atoms with Crippen molar-refractivity contribution in [2.45, 2.75) is 25.2 Å². The Morgan fingerprint density at radius 1 is 1.44 bits per heavy atom. The Morgan fingerprint density at radius 2 is 2.06 bits per heavy atom. The minimum Gasteiger partial charge on any atom is -0.205 e. The van der Waals surface area contributed by atoms with E-state index in [-0.39, 0.29) is 4.90 Å². The zero-order chi connectivity index (χ0) is 12.3. The molecular weight excluding hydrogens is 224 g/mol. The van der Waals surface area contributed by atoms with Crippen molar-refractivity contribution in [3.8, 4) is 6.19 Å². The Labute approximate surface area is 96.2 Å². The van der Waals surface area contributed by atoms with Gasteiger partial charge in [0.1, 0.15) is 0 Å². The van der Waals surface area contributed by atoms with Crippen molar-refractivity contribution in [1.29, 1.82) is 5.26 Å². The molecule has 0 amide bonds. The average molecular weight is 238 g/mol. The summed E-state index contributed by atoms with van der Waals surface area (Å²) >= 11 is 0. The molecule has 16 heavy (non-hydrogen) atoms. The highest BCUT2D eigenvalue weighted by molar-refractivity contribution is 7.89. The third kappa shape index (κ3) is 2.17. The number of rotatable bonds is 3. The van der Waals surface area contributed by atoms with E-state index in [1.807, 2.05) is 13.8 Å². The van der Waals surface area contributed by atoms with Crippen molar-refractivity contribution < 1.29 is 8.42 Å². The SMILES string of the molecule is CCc1cc(S(=O)(=O)N(C)C#N)ccc1C. The highest BCUT2D eigenvalue weighted by Crippen LogP contribution is 2.18. The van der Waals surface area contributed by atoms with Gasteiger partial charge in [0.2, 0.25) is 0 Å². The van der Waals surface area contributed by atoms with Crippen LogP contribution in [0.3, 0.4) is 0 Å². The van der Waals surface area contributed by atoms with Gasteiger partial charge in [0.25, 0.3) is 10.0 Å². The van der Waals surface area contributed by atoms with Crippen LogP contribution in [0.1, 0.15) is 18.1 Å². The quantitative estimate of drug-likeness (QED) is 0.594. The van der Waals surface area contributed by atoms with Crippen LogP contribution in [-0.4, -0.2) is 19.8 Å². The van der Waals surface area contributed by atoms with Gasteiger partial charge in [-0.15, -0.1) is 0 Å². The predicted molar refractivity (Wildman–Crippen MR) is 61.1 cm³/mol. The van der Waals surface area contributed by atoms with Crippen LogP contribution in [0.15, 0.2) is 23.1 Å². The lowest BCUT2D eigenvalue weighted by molar-refractivity contribution is 0.544. The van der Waals surface area contributed by atoms with Gasteiger partial charge in [-0.25, -0.2) is 12.7 Å². The molecule has 0 fully saturated rings. The van der Waals surface area contributed by atoms with E-state index in [4.69, 9.17) is 5.26 Å². The summed E-state index contributed by atoms with van der Waals surface area (Å²) in [6.45, 7) is 3.90. The normalized spacial score (nSPS) is 10.9. The maximum Gasteiger partial charge on any atom is 0.272 e. The van der Waals surface area contributed by atoms with E-state index in [0.29, 0.717) is 4.31 Å².